The van der Waals surface area contributed by atoms with Gasteiger partial charge in [0.05, 0.1) is 12.7 Å². The minimum absolute atomic E-state index is 0.250. The Bertz CT molecular complexity index is 216. The molecular formula is C13H24FNO. The molecule has 0 aromatic rings. The highest BCUT2D eigenvalue weighted by Gasteiger charge is 2.30. The zero-order chi connectivity index (χ0) is 11.5. The third-order valence-electron chi connectivity index (χ3n) is 4.07. The summed E-state index contributed by atoms with van der Waals surface area (Å²) in [7, 11) is 0. The van der Waals surface area contributed by atoms with Gasteiger partial charge in [-0.15, -0.1) is 0 Å². The predicted octanol–water partition coefficient (Wildman–Crippen LogP) is 2.48. The molecule has 0 amide bonds. The van der Waals surface area contributed by atoms with Gasteiger partial charge >= 0.3 is 0 Å². The number of hydrogen-bond acceptors (Lipinski definition) is 2. The molecule has 0 aromatic heterocycles. The summed E-state index contributed by atoms with van der Waals surface area (Å²) in [5.41, 5.74) is 0. The Labute approximate surface area is 98.1 Å². The molecule has 0 bridgehead atoms. The number of alkyl halides is 1. The monoisotopic (exact) mass is 229 g/mol. The summed E-state index contributed by atoms with van der Waals surface area (Å²) >= 11 is 0. The summed E-state index contributed by atoms with van der Waals surface area (Å²) in [6.45, 7) is 8.12. The molecule has 0 saturated carbocycles. The van der Waals surface area contributed by atoms with Crippen molar-refractivity contribution in [2.45, 2.75) is 45.4 Å². The maximum Gasteiger partial charge on any atom is 0.124 e. The van der Waals surface area contributed by atoms with Gasteiger partial charge in [-0.1, -0.05) is 13.8 Å². The number of halogens is 1. The van der Waals surface area contributed by atoms with Crippen LogP contribution in [0.25, 0.3) is 0 Å². The molecule has 3 atom stereocenters. The molecule has 0 aromatic carbocycles. The molecule has 0 radical (unpaired) electrons. The van der Waals surface area contributed by atoms with Gasteiger partial charge in [0.1, 0.15) is 6.17 Å². The molecule has 2 nitrogen and oxygen atoms in total. The zero-order valence-corrected chi connectivity index (χ0v) is 10.5. The first-order chi connectivity index (χ1) is 7.65. The minimum Gasteiger partial charge on any atom is -0.374 e. The maximum absolute atomic E-state index is 13.1. The van der Waals surface area contributed by atoms with E-state index in [9.17, 15) is 4.39 Å². The lowest BCUT2D eigenvalue weighted by Crippen LogP contribution is -2.45. The molecule has 0 aliphatic carbocycles. The summed E-state index contributed by atoms with van der Waals surface area (Å²) in [5.74, 6) is 1.24. The summed E-state index contributed by atoms with van der Waals surface area (Å²) in [4.78, 5) is 2.49. The van der Waals surface area contributed by atoms with Crippen molar-refractivity contribution in [2.24, 2.45) is 11.8 Å². The third kappa shape index (κ3) is 3.17. The van der Waals surface area contributed by atoms with Gasteiger partial charge in [-0.3, -0.25) is 0 Å². The van der Waals surface area contributed by atoms with Gasteiger partial charge < -0.3 is 9.64 Å². The molecule has 2 rings (SSSR count). The highest BCUT2D eigenvalue weighted by molar-refractivity contribution is 4.80. The van der Waals surface area contributed by atoms with E-state index >= 15 is 0 Å². The number of likely N-dealkylation sites (tertiary alicyclic amines) is 1. The fourth-order valence-corrected chi connectivity index (χ4v) is 2.75. The minimum atomic E-state index is -0.743. The normalized spacial score (nSPS) is 38.8. The molecule has 0 N–H and O–H groups in total. The number of hydrogen-bond donors (Lipinski definition) is 0. The molecule has 2 fully saturated rings. The van der Waals surface area contributed by atoms with Crippen LogP contribution in [-0.4, -0.2) is 43.4 Å². The van der Waals surface area contributed by atoms with Gasteiger partial charge in [-0.05, 0) is 44.2 Å². The average molecular weight is 229 g/mol. The number of nitrogens with zero attached hydrogens (tertiary/aromatic N) is 1. The van der Waals surface area contributed by atoms with Crippen molar-refractivity contribution >= 4 is 0 Å². The van der Waals surface area contributed by atoms with Crippen molar-refractivity contribution in [2.75, 3.05) is 26.2 Å². The van der Waals surface area contributed by atoms with Crippen LogP contribution in [-0.2, 0) is 4.74 Å². The van der Waals surface area contributed by atoms with Crippen molar-refractivity contribution < 1.29 is 9.13 Å². The van der Waals surface area contributed by atoms with Crippen LogP contribution in [0.4, 0.5) is 4.39 Å². The fraction of sp³-hybridized carbons (Fsp3) is 1.00. The van der Waals surface area contributed by atoms with Crippen molar-refractivity contribution in [3.8, 4) is 0 Å². The van der Waals surface area contributed by atoms with E-state index in [0.717, 1.165) is 12.5 Å². The van der Waals surface area contributed by atoms with Crippen LogP contribution in [0.1, 0.15) is 33.1 Å². The molecule has 2 saturated heterocycles. The molecule has 0 spiro atoms. The number of ether oxygens (including phenoxy) is 1. The molecule has 2 aliphatic heterocycles. The Morgan fingerprint density at radius 2 is 1.94 bits per heavy atom. The standard InChI is InChI=1S/C13H24FNO/c1-10-3-5-15(6-4-10)8-13-11(2)7-12(14)9-16-13/h10-13H,3-9H2,1-2H3/t11-,12-,13+/m0/s1. The Balaban J connectivity index is 1.76. The van der Waals surface area contributed by atoms with Gasteiger partial charge in [-0.25, -0.2) is 4.39 Å². The first-order valence-corrected chi connectivity index (χ1v) is 6.63. The topological polar surface area (TPSA) is 12.5 Å². The van der Waals surface area contributed by atoms with Crippen LogP contribution >= 0.6 is 0 Å². The Kier molecular flexibility index (Phi) is 4.20. The SMILES string of the molecule is CC1CCN(C[C@H]2OC[C@@H](F)C[C@@H]2C)CC1. The van der Waals surface area contributed by atoms with Gasteiger partial charge in [-0.2, -0.15) is 0 Å². The average Bonchev–Trinajstić information content (AvgIpc) is 2.25. The van der Waals surface area contributed by atoms with E-state index in [1.165, 1.54) is 25.9 Å². The number of rotatable bonds is 2. The maximum atomic E-state index is 13.1. The second-order valence-electron chi connectivity index (χ2n) is 5.67. The van der Waals surface area contributed by atoms with E-state index in [4.69, 9.17) is 4.74 Å². The molecule has 2 heterocycles. The fourth-order valence-electron chi connectivity index (χ4n) is 2.75. The lowest BCUT2D eigenvalue weighted by Gasteiger charge is -2.37. The number of piperidine rings is 1. The summed E-state index contributed by atoms with van der Waals surface area (Å²) in [6.07, 6.45) is 2.78. The highest BCUT2D eigenvalue weighted by atomic mass is 19.1. The van der Waals surface area contributed by atoms with E-state index in [0.29, 0.717) is 18.9 Å². The summed E-state index contributed by atoms with van der Waals surface area (Å²) in [5, 5.41) is 0. The molecule has 2 aliphatic rings. The van der Waals surface area contributed by atoms with Crippen LogP contribution in [0, 0.1) is 11.8 Å². The van der Waals surface area contributed by atoms with E-state index in [1.54, 1.807) is 0 Å². The van der Waals surface area contributed by atoms with Gasteiger partial charge in [0.25, 0.3) is 0 Å². The van der Waals surface area contributed by atoms with Crippen molar-refractivity contribution in [3.05, 3.63) is 0 Å². The van der Waals surface area contributed by atoms with Gasteiger partial charge in [0, 0.05) is 6.54 Å². The van der Waals surface area contributed by atoms with Crippen LogP contribution in [0.3, 0.4) is 0 Å². The third-order valence-corrected chi connectivity index (χ3v) is 4.07. The zero-order valence-electron chi connectivity index (χ0n) is 10.5. The molecule has 3 heteroatoms. The van der Waals surface area contributed by atoms with Crippen LogP contribution in [0.2, 0.25) is 0 Å². The summed E-state index contributed by atoms with van der Waals surface area (Å²) < 4.78 is 18.7. The largest absolute Gasteiger partial charge is 0.374 e. The Hall–Kier alpha value is -0.150. The Morgan fingerprint density at radius 1 is 1.25 bits per heavy atom. The quantitative estimate of drug-likeness (QED) is 0.721. The van der Waals surface area contributed by atoms with Crippen molar-refractivity contribution in [1.29, 1.82) is 0 Å². The van der Waals surface area contributed by atoms with Crippen LogP contribution < -0.4 is 0 Å². The predicted molar refractivity (Wildman–Crippen MR) is 63.3 cm³/mol. The van der Waals surface area contributed by atoms with Gasteiger partial charge in [0.2, 0.25) is 0 Å². The highest BCUT2D eigenvalue weighted by Crippen LogP contribution is 2.25. The van der Waals surface area contributed by atoms with E-state index in [-0.39, 0.29) is 6.10 Å². The van der Waals surface area contributed by atoms with Gasteiger partial charge in [0.15, 0.2) is 0 Å². The molecular weight excluding hydrogens is 205 g/mol. The molecule has 0 unspecified atom stereocenters. The molecule has 16 heavy (non-hydrogen) atoms. The summed E-state index contributed by atoms with van der Waals surface area (Å²) in [6, 6.07) is 0. The lowest BCUT2D eigenvalue weighted by atomic mass is 9.93. The second kappa shape index (κ2) is 5.46. The van der Waals surface area contributed by atoms with E-state index in [1.807, 2.05) is 0 Å². The Morgan fingerprint density at radius 3 is 2.56 bits per heavy atom. The van der Waals surface area contributed by atoms with Crippen molar-refractivity contribution in [3.63, 3.8) is 0 Å². The smallest absolute Gasteiger partial charge is 0.124 e. The lowest BCUT2D eigenvalue weighted by molar-refractivity contribution is -0.0746. The first-order valence-electron chi connectivity index (χ1n) is 6.63. The van der Waals surface area contributed by atoms with Crippen LogP contribution in [0.15, 0.2) is 0 Å². The van der Waals surface area contributed by atoms with E-state index in [2.05, 4.69) is 18.7 Å². The van der Waals surface area contributed by atoms with Crippen molar-refractivity contribution in [1.82, 2.24) is 4.90 Å². The second-order valence-corrected chi connectivity index (χ2v) is 5.67. The van der Waals surface area contributed by atoms with E-state index < -0.39 is 6.17 Å². The van der Waals surface area contributed by atoms with Crippen LogP contribution in [0.5, 0.6) is 0 Å². The first kappa shape index (κ1) is 12.3. The molecule has 94 valence electrons.